The molecular formula is C21H16BrCl2N3O4. The predicted molar refractivity (Wildman–Crippen MR) is 124 cm³/mol. The summed E-state index contributed by atoms with van der Waals surface area (Å²) in [6.07, 6.45) is 1.20. The molecule has 1 amide bonds. The van der Waals surface area contributed by atoms with Crippen molar-refractivity contribution in [2.45, 2.75) is 6.92 Å². The van der Waals surface area contributed by atoms with Gasteiger partial charge < -0.3 is 14.5 Å². The number of amides is 1. The average Bonchev–Trinajstić information content (AvgIpc) is 3.03. The lowest BCUT2D eigenvalue weighted by molar-refractivity contribution is 0.0527. The topological polar surface area (TPSA) is 92.9 Å². The van der Waals surface area contributed by atoms with Crippen molar-refractivity contribution in [3.8, 4) is 0 Å². The van der Waals surface area contributed by atoms with Gasteiger partial charge in [0.2, 0.25) is 5.88 Å². The van der Waals surface area contributed by atoms with Gasteiger partial charge in [0, 0.05) is 20.7 Å². The van der Waals surface area contributed by atoms with E-state index in [9.17, 15) is 9.59 Å². The van der Waals surface area contributed by atoms with E-state index < -0.39 is 11.9 Å². The van der Waals surface area contributed by atoms with Gasteiger partial charge in [-0.25, -0.2) is 10.2 Å². The van der Waals surface area contributed by atoms with Crippen molar-refractivity contribution >= 4 is 68.8 Å². The summed E-state index contributed by atoms with van der Waals surface area (Å²) in [7, 11) is 0. The number of hydrazone groups is 1. The van der Waals surface area contributed by atoms with Gasteiger partial charge in [-0.1, -0.05) is 51.3 Å². The Balaban J connectivity index is 1.85. The molecule has 0 atom stereocenters. The van der Waals surface area contributed by atoms with Crippen LogP contribution in [0.2, 0.25) is 10.0 Å². The molecule has 2 N–H and O–H groups in total. The summed E-state index contributed by atoms with van der Waals surface area (Å²) in [5, 5.41) is 7.31. The summed E-state index contributed by atoms with van der Waals surface area (Å²) in [4.78, 5) is 24.6. The number of hydrogen-bond acceptors (Lipinski definition) is 6. The third kappa shape index (κ3) is 5.88. The van der Waals surface area contributed by atoms with Crippen LogP contribution >= 0.6 is 39.1 Å². The fourth-order valence-corrected chi connectivity index (χ4v) is 3.37. The summed E-state index contributed by atoms with van der Waals surface area (Å²) >= 11 is 15.6. The minimum Gasteiger partial charge on any atom is -0.462 e. The number of halogens is 3. The van der Waals surface area contributed by atoms with E-state index in [2.05, 4.69) is 31.8 Å². The van der Waals surface area contributed by atoms with Crippen LogP contribution in [-0.4, -0.2) is 24.7 Å². The quantitative estimate of drug-likeness (QED) is 0.223. The van der Waals surface area contributed by atoms with Crippen LogP contribution in [0.5, 0.6) is 0 Å². The van der Waals surface area contributed by atoms with Crippen molar-refractivity contribution in [1.29, 1.82) is 0 Å². The minimum absolute atomic E-state index is 0.00302. The highest BCUT2D eigenvalue weighted by molar-refractivity contribution is 9.10. The van der Waals surface area contributed by atoms with E-state index in [4.69, 9.17) is 32.4 Å². The average molecular weight is 525 g/mol. The number of nitrogens with zero attached hydrogens (tertiary/aromatic N) is 1. The molecular weight excluding hydrogens is 509 g/mol. The number of rotatable bonds is 7. The number of anilines is 2. The molecule has 1 heterocycles. The molecule has 0 saturated heterocycles. The monoisotopic (exact) mass is 523 g/mol. The van der Waals surface area contributed by atoms with Gasteiger partial charge in [-0.15, -0.1) is 0 Å². The van der Waals surface area contributed by atoms with Crippen LogP contribution in [0.4, 0.5) is 11.6 Å². The van der Waals surface area contributed by atoms with E-state index in [0.717, 1.165) is 4.47 Å². The number of carbonyl (C=O) groups excluding carboxylic acids is 2. The van der Waals surface area contributed by atoms with E-state index in [1.165, 1.54) is 6.21 Å². The van der Waals surface area contributed by atoms with E-state index >= 15 is 0 Å². The molecule has 3 aromatic rings. The molecule has 0 aliphatic heterocycles. The van der Waals surface area contributed by atoms with Gasteiger partial charge in [-0.05, 0) is 43.3 Å². The molecule has 7 nitrogen and oxygen atoms in total. The molecule has 10 heteroatoms. The highest BCUT2D eigenvalue weighted by Gasteiger charge is 2.25. The Labute approximate surface area is 196 Å². The van der Waals surface area contributed by atoms with Crippen molar-refractivity contribution in [2.24, 2.45) is 5.10 Å². The lowest BCUT2D eigenvalue weighted by Crippen LogP contribution is -2.17. The van der Waals surface area contributed by atoms with Crippen molar-refractivity contribution in [1.82, 2.24) is 5.43 Å². The van der Waals surface area contributed by atoms with Crippen LogP contribution in [0.3, 0.4) is 0 Å². The standard InChI is InChI=1S/C21H16BrCl2N3O4/c1-2-30-21(29)17-18(24)16(31-20(17)26-15-8-4-7-14(23)10-15)11-25-27-19(28)12-5-3-6-13(22)9-12/h3-11,26H,2H2,1H3,(H,27,28)/b25-11-. The van der Waals surface area contributed by atoms with Crippen LogP contribution in [-0.2, 0) is 4.74 Å². The van der Waals surface area contributed by atoms with Gasteiger partial charge in [-0.2, -0.15) is 5.10 Å². The number of carbonyl (C=O) groups is 2. The highest BCUT2D eigenvalue weighted by atomic mass is 79.9. The van der Waals surface area contributed by atoms with E-state index in [-0.39, 0.29) is 28.8 Å². The number of hydrogen-bond donors (Lipinski definition) is 2. The van der Waals surface area contributed by atoms with Crippen LogP contribution in [0, 0.1) is 0 Å². The number of benzene rings is 2. The molecule has 31 heavy (non-hydrogen) atoms. The maximum Gasteiger partial charge on any atom is 0.345 e. The second-order valence-electron chi connectivity index (χ2n) is 6.05. The van der Waals surface area contributed by atoms with E-state index in [0.29, 0.717) is 16.3 Å². The number of nitrogens with one attached hydrogen (secondary N) is 2. The zero-order chi connectivity index (χ0) is 22.4. The Hall–Kier alpha value is -2.81. The van der Waals surface area contributed by atoms with E-state index in [1.54, 1.807) is 55.5 Å². The maximum atomic E-state index is 12.4. The minimum atomic E-state index is -0.668. The van der Waals surface area contributed by atoms with Gasteiger partial charge in [0.05, 0.1) is 12.8 Å². The van der Waals surface area contributed by atoms with Crippen LogP contribution in [0.15, 0.2) is 62.5 Å². The Kier molecular flexibility index (Phi) is 7.73. The van der Waals surface area contributed by atoms with Gasteiger partial charge in [0.15, 0.2) is 5.76 Å². The Morgan fingerprint density at radius 1 is 1.19 bits per heavy atom. The van der Waals surface area contributed by atoms with Crippen molar-refractivity contribution < 1.29 is 18.7 Å². The first-order valence-electron chi connectivity index (χ1n) is 9.00. The summed E-state index contributed by atoms with van der Waals surface area (Å²) in [6, 6.07) is 13.7. The highest BCUT2D eigenvalue weighted by Crippen LogP contribution is 2.34. The van der Waals surface area contributed by atoms with Gasteiger partial charge in [0.25, 0.3) is 5.91 Å². The van der Waals surface area contributed by atoms with Crippen LogP contribution in [0.1, 0.15) is 33.4 Å². The Morgan fingerprint density at radius 3 is 2.68 bits per heavy atom. The van der Waals surface area contributed by atoms with Crippen molar-refractivity contribution in [3.05, 3.63) is 79.9 Å². The fraction of sp³-hybridized carbons (Fsp3) is 0.0952. The predicted octanol–water partition coefficient (Wildman–Crippen LogP) is 6.03. The molecule has 0 spiro atoms. The summed E-state index contributed by atoms with van der Waals surface area (Å²) in [5.41, 5.74) is 3.37. The third-order valence-corrected chi connectivity index (χ3v) is 4.98. The molecule has 160 valence electrons. The van der Waals surface area contributed by atoms with Crippen molar-refractivity contribution in [3.63, 3.8) is 0 Å². The van der Waals surface area contributed by atoms with Crippen LogP contribution in [0.25, 0.3) is 0 Å². The van der Waals surface area contributed by atoms with E-state index in [1.807, 2.05) is 0 Å². The molecule has 0 unspecified atom stereocenters. The molecule has 3 rings (SSSR count). The van der Waals surface area contributed by atoms with Crippen LogP contribution < -0.4 is 10.7 Å². The van der Waals surface area contributed by atoms with Gasteiger partial charge in [-0.3, -0.25) is 4.79 Å². The zero-order valence-electron chi connectivity index (χ0n) is 16.1. The SMILES string of the molecule is CCOC(=O)c1c(Nc2cccc(Cl)c2)oc(/C=N\NC(=O)c2cccc(Br)c2)c1Cl. The first-order valence-corrected chi connectivity index (χ1v) is 10.5. The molecule has 0 fully saturated rings. The van der Waals surface area contributed by atoms with Gasteiger partial charge >= 0.3 is 5.97 Å². The van der Waals surface area contributed by atoms with Crippen molar-refractivity contribution in [2.75, 3.05) is 11.9 Å². The number of ether oxygens (including phenoxy) is 1. The molecule has 0 aliphatic carbocycles. The summed E-state index contributed by atoms with van der Waals surface area (Å²) < 4.78 is 11.5. The molecule has 0 saturated carbocycles. The maximum absolute atomic E-state index is 12.4. The summed E-state index contributed by atoms with van der Waals surface area (Å²) in [6.45, 7) is 1.83. The van der Waals surface area contributed by atoms with Gasteiger partial charge in [0.1, 0.15) is 10.6 Å². The number of furan rings is 1. The Bertz CT molecular complexity index is 1150. The molecule has 1 aromatic heterocycles. The molecule has 2 aromatic carbocycles. The first-order chi connectivity index (χ1) is 14.9. The summed E-state index contributed by atoms with van der Waals surface area (Å²) in [5.74, 6) is -0.976. The largest absolute Gasteiger partial charge is 0.462 e. The molecule has 0 radical (unpaired) electrons. The second kappa shape index (κ2) is 10.5. The molecule has 0 bridgehead atoms. The normalized spacial score (nSPS) is 10.8. The lowest BCUT2D eigenvalue weighted by Gasteiger charge is -2.06. The third-order valence-electron chi connectivity index (χ3n) is 3.87. The molecule has 0 aliphatic rings. The number of esters is 1. The lowest BCUT2D eigenvalue weighted by atomic mass is 10.2. The second-order valence-corrected chi connectivity index (χ2v) is 7.78. The zero-order valence-corrected chi connectivity index (χ0v) is 19.2. The fourth-order valence-electron chi connectivity index (χ4n) is 2.53. The smallest absolute Gasteiger partial charge is 0.345 e. The Morgan fingerprint density at radius 2 is 1.97 bits per heavy atom. The first kappa shape index (κ1) is 22.9.